The van der Waals surface area contributed by atoms with Gasteiger partial charge in [-0.05, 0) is 37.1 Å². The molecule has 1 atom stereocenters. The number of anilines is 1. The average molecular weight is 305 g/mol. The number of halogens is 1. The minimum atomic E-state index is 0.00103. The Morgan fingerprint density at radius 3 is 3.00 bits per heavy atom. The van der Waals surface area contributed by atoms with Crippen LogP contribution >= 0.6 is 11.6 Å². The Kier molecular flexibility index (Phi) is 3.84. The van der Waals surface area contributed by atoms with E-state index in [4.69, 9.17) is 17.3 Å². The van der Waals surface area contributed by atoms with Crippen LogP contribution < -0.4 is 5.73 Å². The number of likely N-dealkylation sites (tertiary alicyclic amines) is 1. The molecule has 2 heterocycles. The highest BCUT2D eigenvalue weighted by atomic mass is 35.5. The number of nitrogens with one attached hydrogen (secondary N) is 1. The van der Waals surface area contributed by atoms with E-state index in [0.29, 0.717) is 28.7 Å². The zero-order chi connectivity index (χ0) is 14.8. The van der Waals surface area contributed by atoms with Crippen molar-refractivity contribution in [3.63, 3.8) is 0 Å². The van der Waals surface area contributed by atoms with Gasteiger partial charge < -0.3 is 10.6 Å². The van der Waals surface area contributed by atoms with Crippen LogP contribution in [0.25, 0.3) is 0 Å². The Labute approximate surface area is 128 Å². The first kappa shape index (κ1) is 13.9. The highest BCUT2D eigenvalue weighted by molar-refractivity contribution is 6.33. The van der Waals surface area contributed by atoms with E-state index < -0.39 is 0 Å². The Hall–Kier alpha value is -2.01. The Bertz CT molecular complexity index is 641. The second-order valence-corrected chi connectivity index (χ2v) is 5.75. The summed E-state index contributed by atoms with van der Waals surface area (Å²) in [6, 6.07) is 7.01. The molecule has 3 N–H and O–H groups in total. The van der Waals surface area contributed by atoms with Crippen molar-refractivity contribution in [2.75, 3.05) is 18.8 Å². The van der Waals surface area contributed by atoms with Gasteiger partial charge in [0.05, 0.1) is 10.7 Å². The van der Waals surface area contributed by atoms with Crippen LogP contribution in [0, 0.1) is 0 Å². The summed E-state index contributed by atoms with van der Waals surface area (Å²) in [6.45, 7) is 1.47. The molecular formula is C15H17ClN4O. The molecule has 5 nitrogen and oxygen atoms in total. The molecule has 0 aliphatic carbocycles. The second kappa shape index (κ2) is 5.77. The van der Waals surface area contributed by atoms with Crippen LogP contribution in [0.2, 0.25) is 5.02 Å². The Balaban J connectivity index is 1.76. The van der Waals surface area contributed by atoms with Gasteiger partial charge in [0, 0.05) is 36.5 Å². The standard InChI is InChI=1S/C15H17ClN4O/c16-12-8-10(3-4-13(12)17)15(21)20-7-1-2-11(9-20)14-5-6-18-19-14/h3-6,8,11H,1-2,7,9,17H2,(H,18,19). The fraction of sp³-hybridized carbons (Fsp3) is 0.333. The van der Waals surface area contributed by atoms with E-state index in [1.807, 2.05) is 11.0 Å². The van der Waals surface area contributed by atoms with Gasteiger partial charge in [0.2, 0.25) is 0 Å². The molecule has 0 spiro atoms. The van der Waals surface area contributed by atoms with Crippen molar-refractivity contribution in [2.45, 2.75) is 18.8 Å². The number of rotatable bonds is 2. The minimum absolute atomic E-state index is 0.00103. The first-order valence-corrected chi connectivity index (χ1v) is 7.36. The van der Waals surface area contributed by atoms with Crippen molar-refractivity contribution < 1.29 is 4.79 Å². The first-order valence-electron chi connectivity index (χ1n) is 6.98. The molecule has 0 saturated carbocycles. The summed E-state index contributed by atoms with van der Waals surface area (Å²) in [4.78, 5) is 14.5. The number of benzene rings is 1. The van der Waals surface area contributed by atoms with E-state index in [9.17, 15) is 4.79 Å². The summed E-state index contributed by atoms with van der Waals surface area (Å²) in [5, 5.41) is 7.40. The van der Waals surface area contributed by atoms with Crippen molar-refractivity contribution in [3.05, 3.63) is 46.7 Å². The van der Waals surface area contributed by atoms with Crippen molar-refractivity contribution in [1.82, 2.24) is 15.1 Å². The van der Waals surface area contributed by atoms with E-state index in [2.05, 4.69) is 10.2 Å². The van der Waals surface area contributed by atoms with E-state index in [-0.39, 0.29) is 5.91 Å². The predicted molar refractivity (Wildman–Crippen MR) is 82.3 cm³/mol. The Morgan fingerprint density at radius 1 is 1.43 bits per heavy atom. The zero-order valence-electron chi connectivity index (χ0n) is 11.6. The zero-order valence-corrected chi connectivity index (χ0v) is 12.3. The summed E-state index contributed by atoms with van der Waals surface area (Å²) < 4.78 is 0. The largest absolute Gasteiger partial charge is 0.398 e. The summed E-state index contributed by atoms with van der Waals surface area (Å²) in [5.74, 6) is 0.315. The number of H-pyrrole nitrogens is 1. The normalized spacial score (nSPS) is 18.7. The van der Waals surface area contributed by atoms with Crippen LogP contribution in [0.15, 0.2) is 30.5 Å². The maximum absolute atomic E-state index is 12.6. The first-order chi connectivity index (χ1) is 10.1. The second-order valence-electron chi connectivity index (χ2n) is 5.34. The molecule has 0 bridgehead atoms. The summed E-state index contributed by atoms with van der Waals surface area (Å²) in [5.41, 5.74) is 7.84. The van der Waals surface area contributed by atoms with Gasteiger partial charge in [-0.25, -0.2) is 0 Å². The van der Waals surface area contributed by atoms with Gasteiger partial charge in [0.1, 0.15) is 0 Å². The van der Waals surface area contributed by atoms with Gasteiger partial charge in [-0.2, -0.15) is 5.10 Å². The molecule has 1 saturated heterocycles. The Morgan fingerprint density at radius 2 is 2.29 bits per heavy atom. The number of hydrogen-bond donors (Lipinski definition) is 2. The van der Waals surface area contributed by atoms with Crippen LogP contribution in [0.1, 0.15) is 34.8 Å². The topological polar surface area (TPSA) is 75.0 Å². The number of amides is 1. The number of carbonyl (C=O) groups is 1. The molecule has 21 heavy (non-hydrogen) atoms. The fourth-order valence-electron chi connectivity index (χ4n) is 2.75. The number of hydrogen-bond acceptors (Lipinski definition) is 3. The van der Waals surface area contributed by atoms with Crippen LogP contribution in [-0.4, -0.2) is 34.1 Å². The molecule has 110 valence electrons. The highest BCUT2D eigenvalue weighted by Crippen LogP contribution is 2.27. The van der Waals surface area contributed by atoms with Crippen LogP contribution in [0.4, 0.5) is 5.69 Å². The summed E-state index contributed by atoms with van der Waals surface area (Å²) >= 11 is 6.00. The third-order valence-corrected chi connectivity index (χ3v) is 4.25. The molecule has 2 aromatic rings. The molecule has 3 rings (SSSR count). The van der Waals surface area contributed by atoms with Crippen LogP contribution in [0.3, 0.4) is 0 Å². The average Bonchev–Trinajstić information content (AvgIpc) is 3.04. The number of carbonyl (C=O) groups excluding carboxylic acids is 1. The molecule has 1 aliphatic rings. The van der Waals surface area contributed by atoms with Gasteiger partial charge in [-0.15, -0.1) is 0 Å². The minimum Gasteiger partial charge on any atom is -0.398 e. The number of aromatic amines is 1. The number of aromatic nitrogens is 2. The van der Waals surface area contributed by atoms with E-state index in [0.717, 1.165) is 25.1 Å². The molecule has 6 heteroatoms. The van der Waals surface area contributed by atoms with Gasteiger partial charge in [0.15, 0.2) is 0 Å². The lowest BCUT2D eigenvalue weighted by atomic mass is 9.94. The molecule has 0 radical (unpaired) electrons. The van der Waals surface area contributed by atoms with E-state index in [1.54, 1.807) is 24.4 Å². The number of nitrogens with zero attached hydrogens (tertiary/aromatic N) is 2. The highest BCUT2D eigenvalue weighted by Gasteiger charge is 2.26. The van der Waals surface area contributed by atoms with Crippen molar-refractivity contribution in [2.24, 2.45) is 0 Å². The third-order valence-electron chi connectivity index (χ3n) is 3.92. The van der Waals surface area contributed by atoms with Gasteiger partial charge in [0.25, 0.3) is 5.91 Å². The maximum atomic E-state index is 12.6. The van der Waals surface area contributed by atoms with Crippen LogP contribution in [0.5, 0.6) is 0 Å². The number of nitrogens with two attached hydrogens (primary N) is 1. The van der Waals surface area contributed by atoms with Gasteiger partial charge in [-0.1, -0.05) is 11.6 Å². The SMILES string of the molecule is Nc1ccc(C(=O)N2CCCC(c3ccn[nH]3)C2)cc1Cl. The smallest absolute Gasteiger partial charge is 0.253 e. The molecule has 1 aromatic carbocycles. The van der Waals surface area contributed by atoms with Crippen molar-refractivity contribution in [1.29, 1.82) is 0 Å². The lowest BCUT2D eigenvalue weighted by molar-refractivity contribution is 0.0706. The van der Waals surface area contributed by atoms with Crippen molar-refractivity contribution >= 4 is 23.2 Å². The van der Waals surface area contributed by atoms with Crippen LogP contribution in [-0.2, 0) is 0 Å². The monoisotopic (exact) mass is 304 g/mol. The maximum Gasteiger partial charge on any atom is 0.253 e. The van der Waals surface area contributed by atoms with E-state index >= 15 is 0 Å². The lowest BCUT2D eigenvalue weighted by Gasteiger charge is -2.32. The summed E-state index contributed by atoms with van der Waals surface area (Å²) in [7, 11) is 0. The molecular weight excluding hydrogens is 288 g/mol. The quantitative estimate of drug-likeness (QED) is 0.838. The molecule has 1 aromatic heterocycles. The number of piperidine rings is 1. The van der Waals surface area contributed by atoms with Gasteiger partial charge >= 0.3 is 0 Å². The van der Waals surface area contributed by atoms with Gasteiger partial charge in [-0.3, -0.25) is 9.89 Å². The molecule has 1 amide bonds. The fourth-order valence-corrected chi connectivity index (χ4v) is 2.93. The summed E-state index contributed by atoms with van der Waals surface area (Å²) in [6.07, 6.45) is 3.79. The predicted octanol–water partition coefficient (Wildman–Crippen LogP) is 2.67. The van der Waals surface area contributed by atoms with Crippen molar-refractivity contribution in [3.8, 4) is 0 Å². The third kappa shape index (κ3) is 2.88. The molecule has 1 unspecified atom stereocenters. The molecule has 1 aliphatic heterocycles. The lowest BCUT2D eigenvalue weighted by Crippen LogP contribution is -2.39. The molecule has 1 fully saturated rings. The number of nitrogen functional groups attached to an aromatic ring is 1. The van der Waals surface area contributed by atoms with E-state index in [1.165, 1.54) is 0 Å².